The number of rotatable bonds is 4. The summed E-state index contributed by atoms with van der Waals surface area (Å²) >= 11 is 0. The van der Waals surface area contributed by atoms with Crippen molar-refractivity contribution in [2.24, 2.45) is 11.7 Å². The van der Waals surface area contributed by atoms with Crippen molar-refractivity contribution in [2.75, 3.05) is 0 Å². The summed E-state index contributed by atoms with van der Waals surface area (Å²) < 4.78 is 26.4. The van der Waals surface area contributed by atoms with Gasteiger partial charge in [-0.05, 0) is 50.3 Å². The Labute approximate surface area is 117 Å². The molecule has 0 spiro atoms. The molecule has 1 aromatic carbocycles. The first-order chi connectivity index (χ1) is 9.45. The van der Waals surface area contributed by atoms with E-state index in [1.54, 1.807) is 0 Å². The summed E-state index contributed by atoms with van der Waals surface area (Å²) in [5, 5.41) is 3.36. The van der Waals surface area contributed by atoms with Crippen molar-refractivity contribution in [1.82, 2.24) is 5.32 Å². The zero-order valence-corrected chi connectivity index (χ0v) is 11.5. The van der Waals surface area contributed by atoms with Crippen molar-refractivity contribution in [2.45, 2.75) is 44.7 Å². The molecule has 3 nitrogen and oxygen atoms in total. The van der Waals surface area contributed by atoms with Gasteiger partial charge in [-0.2, -0.15) is 0 Å². The van der Waals surface area contributed by atoms with E-state index in [0.29, 0.717) is 5.56 Å². The molecule has 0 heterocycles. The van der Waals surface area contributed by atoms with E-state index in [1.165, 1.54) is 12.1 Å². The molecule has 1 atom stereocenters. The van der Waals surface area contributed by atoms with E-state index in [9.17, 15) is 13.6 Å². The summed E-state index contributed by atoms with van der Waals surface area (Å²) in [5.41, 5.74) is 5.89. The molecule has 5 heteroatoms. The van der Waals surface area contributed by atoms with Gasteiger partial charge in [0.1, 0.15) is 11.6 Å². The Bertz CT molecular complexity index is 465. The number of amides is 1. The van der Waals surface area contributed by atoms with Crippen LogP contribution in [0.4, 0.5) is 8.78 Å². The highest BCUT2D eigenvalue weighted by atomic mass is 19.1. The van der Waals surface area contributed by atoms with E-state index >= 15 is 0 Å². The van der Waals surface area contributed by atoms with Crippen LogP contribution in [0.25, 0.3) is 0 Å². The highest BCUT2D eigenvalue weighted by Crippen LogP contribution is 2.26. The minimum absolute atomic E-state index is 0.0324. The lowest BCUT2D eigenvalue weighted by Gasteiger charge is -2.30. The predicted octanol–water partition coefficient (Wildman–Crippen LogP) is 2.66. The van der Waals surface area contributed by atoms with Gasteiger partial charge in [0.2, 0.25) is 5.91 Å². The predicted molar refractivity (Wildman–Crippen MR) is 72.8 cm³/mol. The number of carbonyl (C=O) groups is 1. The highest BCUT2D eigenvalue weighted by molar-refractivity contribution is 5.76. The average molecular weight is 282 g/mol. The molecule has 1 saturated carbocycles. The van der Waals surface area contributed by atoms with Crippen LogP contribution in [0.15, 0.2) is 18.2 Å². The molecule has 0 saturated heterocycles. The van der Waals surface area contributed by atoms with Crippen molar-refractivity contribution < 1.29 is 13.6 Å². The Hall–Kier alpha value is -1.49. The number of halogens is 2. The number of nitrogens with one attached hydrogen (secondary N) is 1. The molecule has 0 aliphatic heterocycles. The molecule has 0 bridgehead atoms. The van der Waals surface area contributed by atoms with E-state index in [4.69, 9.17) is 5.73 Å². The summed E-state index contributed by atoms with van der Waals surface area (Å²) in [6.07, 6.45) is 3.26. The molecule has 1 aromatic rings. The molecule has 1 amide bonds. The van der Waals surface area contributed by atoms with Crippen LogP contribution in [-0.4, -0.2) is 11.9 Å². The smallest absolute Gasteiger partial charge is 0.220 e. The third kappa shape index (κ3) is 3.76. The van der Waals surface area contributed by atoms with Crippen molar-refractivity contribution in [3.63, 3.8) is 0 Å². The second-order valence-corrected chi connectivity index (χ2v) is 5.54. The van der Waals surface area contributed by atoms with Gasteiger partial charge in [-0.15, -0.1) is 0 Å². The van der Waals surface area contributed by atoms with E-state index in [2.05, 4.69) is 5.32 Å². The molecule has 1 unspecified atom stereocenters. The molecule has 1 aliphatic rings. The van der Waals surface area contributed by atoms with Gasteiger partial charge < -0.3 is 11.1 Å². The molecule has 20 heavy (non-hydrogen) atoms. The standard InChI is InChI=1S/C15H20F2N2O/c1-9(11-6-12(16)8-13(17)7-11)19-14-4-2-10(3-5-14)15(18)20/h6-10,14,19H,2-5H2,1H3,(H2,18,20). The summed E-state index contributed by atoms with van der Waals surface area (Å²) in [4.78, 5) is 11.1. The van der Waals surface area contributed by atoms with Gasteiger partial charge in [0.25, 0.3) is 0 Å². The normalized spacial score (nSPS) is 24.4. The minimum Gasteiger partial charge on any atom is -0.369 e. The van der Waals surface area contributed by atoms with Crippen LogP contribution in [0, 0.1) is 17.6 Å². The van der Waals surface area contributed by atoms with E-state index in [-0.39, 0.29) is 23.9 Å². The lowest BCUT2D eigenvalue weighted by molar-refractivity contribution is -0.122. The summed E-state index contributed by atoms with van der Waals surface area (Å²) in [7, 11) is 0. The topological polar surface area (TPSA) is 55.1 Å². The Balaban J connectivity index is 1.92. The van der Waals surface area contributed by atoms with E-state index < -0.39 is 11.6 Å². The maximum absolute atomic E-state index is 13.2. The molecule has 3 N–H and O–H groups in total. The number of hydrogen-bond donors (Lipinski definition) is 2. The maximum Gasteiger partial charge on any atom is 0.220 e. The first kappa shape index (κ1) is 14.9. The number of hydrogen-bond acceptors (Lipinski definition) is 2. The van der Waals surface area contributed by atoms with Gasteiger partial charge in [0.05, 0.1) is 0 Å². The summed E-state index contributed by atoms with van der Waals surface area (Å²) in [6, 6.07) is 3.68. The first-order valence-electron chi connectivity index (χ1n) is 6.97. The van der Waals surface area contributed by atoms with Crippen LogP contribution in [0.3, 0.4) is 0 Å². The second kappa shape index (κ2) is 6.31. The zero-order chi connectivity index (χ0) is 14.7. The Kier molecular flexibility index (Phi) is 4.70. The van der Waals surface area contributed by atoms with Crippen LogP contribution in [0.5, 0.6) is 0 Å². The lowest BCUT2D eigenvalue weighted by Crippen LogP contribution is -2.37. The molecule has 2 rings (SSSR count). The fourth-order valence-electron chi connectivity index (χ4n) is 2.82. The Morgan fingerprint density at radius 1 is 1.20 bits per heavy atom. The van der Waals surface area contributed by atoms with Crippen LogP contribution < -0.4 is 11.1 Å². The fraction of sp³-hybridized carbons (Fsp3) is 0.533. The van der Waals surface area contributed by atoms with Gasteiger partial charge in [-0.1, -0.05) is 0 Å². The number of primary amides is 1. The van der Waals surface area contributed by atoms with Crippen molar-refractivity contribution in [3.05, 3.63) is 35.4 Å². The maximum atomic E-state index is 13.2. The van der Waals surface area contributed by atoms with Gasteiger partial charge in [0, 0.05) is 24.1 Å². The quantitative estimate of drug-likeness (QED) is 0.892. The monoisotopic (exact) mass is 282 g/mol. The second-order valence-electron chi connectivity index (χ2n) is 5.54. The Morgan fingerprint density at radius 2 is 1.75 bits per heavy atom. The van der Waals surface area contributed by atoms with Crippen LogP contribution in [0.2, 0.25) is 0 Å². The third-order valence-corrected chi connectivity index (χ3v) is 4.00. The number of nitrogens with two attached hydrogens (primary N) is 1. The van der Waals surface area contributed by atoms with Crippen LogP contribution in [0.1, 0.15) is 44.2 Å². The third-order valence-electron chi connectivity index (χ3n) is 4.00. The largest absolute Gasteiger partial charge is 0.369 e. The van der Waals surface area contributed by atoms with E-state index in [0.717, 1.165) is 31.7 Å². The lowest BCUT2D eigenvalue weighted by atomic mass is 9.85. The first-order valence-corrected chi connectivity index (χ1v) is 6.97. The summed E-state index contributed by atoms with van der Waals surface area (Å²) in [6.45, 7) is 1.88. The van der Waals surface area contributed by atoms with Gasteiger partial charge in [-0.3, -0.25) is 4.79 Å². The van der Waals surface area contributed by atoms with Gasteiger partial charge >= 0.3 is 0 Å². The average Bonchev–Trinajstić information content (AvgIpc) is 2.38. The molecule has 1 aliphatic carbocycles. The van der Waals surface area contributed by atoms with Gasteiger partial charge in [-0.25, -0.2) is 8.78 Å². The van der Waals surface area contributed by atoms with Crippen molar-refractivity contribution in [1.29, 1.82) is 0 Å². The number of benzene rings is 1. The number of carbonyl (C=O) groups excluding carboxylic acids is 1. The Morgan fingerprint density at radius 3 is 2.25 bits per heavy atom. The minimum atomic E-state index is -0.564. The molecule has 0 aromatic heterocycles. The fourth-order valence-corrected chi connectivity index (χ4v) is 2.82. The highest BCUT2D eigenvalue weighted by Gasteiger charge is 2.25. The van der Waals surface area contributed by atoms with Gasteiger partial charge in [0.15, 0.2) is 0 Å². The molecule has 0 radical (unpaired) electrons. The molecular formula is C15H20F2N2O. The van der Waals surface area contributed by atoms with Crippen molar-refractivity contribution in [3.8, 4) is 0 Å². The molecule has 110 valence electrons. The van der Waals surface area contributed by atoms with Crippen molar-refractivity contribution >= 4 is 5.91 Å². The molecule has 1 fully saturated rings. The zero-order valence-electron chi connectivity index (χ0n) is 11.5. The summed E-state index contributed by atoms with van der Waals surface area (Å²) in [5.74, 6) is -1.39. The van der Waals surface area contributed by atoms with Crippen LogP contribution in [-0.2, 0) is 4.79 Å². The van der Waals surface area contributed by atoms with E-state index in [1.807, 2.05) is 6.92 Å². The molecular weight excluding hydrogens is 262 g/mol. The SMILES string of the molecule is CC(NC1CCC(C(N)=O)CC1)c1cc(F)cc(F)c1. The van der Waals surface area contributed by atoms with Crippen LogP contribution >= 0.6 is 0 Å².